The molecule has 0 spiro atoms. The molecule has 2 amide bonds. The summed E-state index contributed by atoms with van der Waals surface area (Å²) in [6.07, 6.45) is 0. The summed E-state index contributed by atoms with van der Waals surface area (Å²) in [7, 11) is -0.771. The van der Waals surface area contributed by atoms with Crippen molar-refractivity contribution in [3.8, 4) is 11.5 Å². The van der Waals surface area contributed by atoms with E-state index < -0.39 is 15.9 Å². The molecule has 1 aliphatic rings. The quantitative estimate of drug-likeness (QED) is 0.724. The molecule has 1 aliphatic heterocycles. The van der Waals surface area contributed by atoms with Gasteiger partial charge in [-0.3, -0.25) is 9.59 Å². The van der Waals surface area contributed by atoms with Crippen molar-refractivity contribution in [2.45, 2.75) is 11.8 Å². The number of methoxy groups -OCH3 is 2. The van der Waals surface area contributed by atoms with Crippen LogP contribution in [0, 0.1) is 0 Å². The summed E-state index contributed by atoms with van der Waals surface area (Å²) in [6, 6.07) is 10.8. The second kappa shape index (κ2) is 9.36. The summed E-state index contributed by atoms with van der Waals surface area (Å²) in [5.74, 6) is 0.455. The molecule has 1 fully saturated rings. The van der Waals surface area contributed by atoms with Gasteiger partial charge < -0.3 is 19.7 Å². The zero-order chi connectivity index (χ0) is 22.6. The summed E-state index contributed by atoms with van der Waals surface area (Å²) in [5.41, 5.74) is 0.689. The van der Waals surface area contributed by atoms with Crippen molar-refractivity contribution in [1.82, 2.24) is 9.21 Å². The zero-order valence-corrected chi connectivity index (χ0v) is 18.4. The molecule has 2 aromatic rings. The fraction of sp³-hybridized carbons (Fsp3) is 0.333. The summed E-state index contributed by atoms with van der Waals surface area (Å²) in [6.45, 7) is 2.57. The van der Waals surface area contributed by atoms with Gasteiger partial charge >= 0.3 is 0 Å². The predicted octanol–water partition coefficient (Wildman–Crippen LogP) is 1.81. The second-order valence-electron chi connectivity index (χ2n) is 6.96. The Balaban J connectivity index is 1.76. The van der Waals surface area contributed by atoms with Gasteiger partial charge in [0, 0.05) is 50.4 Å². The van der Waals surface area contributed by atoms with Gasteiger partial charge in [0.2, 0.25) is 15.9 Å². The van der Waals surface area contributed by atoms with Crippen molar-refractivity contribution in [2.75, 3.05) is 45.7 Å². The number of hydrogen-bond donors (Lipinski definition) is 1. The van der Waals surface area contributed by atoms with Gasteiger partial charge in [-0.05, 0) is 30.3 Å². The molecule has 1 heterocycles. The maximum Gasteiger partial charge on any atom is 0.255 e. The van der Waals surface area contributed by atoms with E-state index in [0.29, 0.717) is 30.3 Å². The smallest absolute Gasteiger partial charge is 0.255 e. The Labute approximate surface area is 181 Å². The van der Waals surface area contributed by atoms with Gasteiger partial charge in [-0.1, -0.05) is 6.07 Å². The topological polar surface area (TPSA) is 105 Å². The lowest BCUT2D eigenvalue weighted by atomic mass is 10.2. The molecule has 0 bridgehead atoms. The Bertz CT molecular complexity index is 1080. The largest absolute Gasteiger partial charge is 0.493 e. The molecular formula is C21H25N3O6S. The fourth-order valence-corrected chi connectivity index (χ4v) is 4.78. The van der Waals surface area contributed by atoms with Crippen LogP contribution in [0.15, 0.2) is 47.4 Å². The number of benzene rings is 2. The first kappa shape index (κ1) is 22.6. The first-order chi connectivity index (χ1) is 14.8. The third-order valence-corrected chi connectivity index (χ3v) is 6.95. The highest BCUT2D eigenvalue weighted by Crippen LogP contribution is 2.30. The lowest BCUT2D eigenvalue weighted by Gasteiger charge is -2.33. The lowest BCUT2D eigenvalue weighted by Crippen LogP contribution is -2.49. The Morgan fingerprint density at radius 1 is 0.935 bits per heavy atom. The summed E-state index contributed by atoms with van der Waals surface area (Å²) >= 11 is 0. The van der Waals surface area contributed by atoms with Gasteiger partial charge in [0.1, 0.15) is 0 Å². The van der Waals surface area contributed by atoms with E-state index in [0.717, 1.165) is 0 Å². The van der Waals surface area contributed by atoms with Crippen molar-refractivity contribution >= 4 is 27.5 Å². The van der Waals surface area contributed by atoms with Gasteiger partial charge in [0.25, 0.3) is 5.91 Å². The van der Waals surface area contributed by atoms with Crippen LogP contribution in [0.25, 0.3) is 0 Å². The Morgan fingerprint density at radius 3 is 2.23 bits per heavy atom. The van der Waals surface area contributed by atoms with Crippen molar-refractivity contribution < 1.29 is 27.5 Å². The summed E-state index contributed by atoms with van der Waals surface area (Å²) in [4.78, 5) is 25.8. The minimum atomic E-state index is -3.78. The van der Waals surface area contributed by atoms with Crippen molar-refractivity contribution in [3.63, 3.8) is 0 Å². The molecule has 9 nitrogen and oxygen atoms in total. The number of nitrogens with zero attached hydrogens (tertiary/aromatic N) is 2. The van der Waals surface area contributed by atoms with E-state index in [-0.39, 0.29) is 29.5 Å². The van der Waals surface area contributed by atoms with Crippen LogP contribution in [0.4, 0.5) is 5.69 Å². The first-order valence-corrected chi connectivity index (χ1v) is 11.1. The Hall–Kier alpha value is -3.11. The fourth-order valence-electron chi connectivity index (χ4n) is 3.31. The maximum atomic E-state index is 13.0. The molecule has 0 radical (unpaired) electrons. The SMILES string of the molecule is COc1ccc(NC(=O)c2cccc(S(=O)(=O)N3CCN(C(C)=O)CC3)c2)cc1OC. The number of hydrogen-bond acceptors (Lipinski definition) is 6. The van der Waals surface area contributed by atoms with Crippen LogP contribution in [0.5, 0.6) is 11.5 Å². The minimum Gasteiger partial charge on any atom is -0.493 e. The standard InChI is InChI=1S/C21H25N3O6S/c1-15(25)23-9-11-24(12-10-23)31(27,28)18-6-4-5-16(13-18)21(26)22-17-7-8-19(29-2)20(14-17)30-3/h4-8,13-14H,9-12H2,1-3H3,(H,22,26). The minimum absolute atomic E-state index is 0.0312. The van der Waals surface area contributed by atoms with Crippen LogP contribution in [-0.2, 0) is 14.8 Å². The van der Waals surface area contributed by atoms with Crippen LogP contribution in [-0.4, -0.2) is 69.8 Å². The van der Waals surface area contributed by atoms with Crippen molar-refractivity contribution in [3.05, 3.63) is 48.0 Å². The monoisotopic (exact) mass is 447 g/mol. The van der Waals surface area contributed by atoms with Crippen molar-refractivity contribution in [1.29, 1.82) is 0 Å². The number of amides is 2. The average Bonchev–Trinajstić information content (AvgIpc) is 2.79. The molecule has 0 atom stereocenters. The van der Waals surface area contributed by atoms with Crippen LogP contribution >= 0.6 is 0 Å². The Morgan fingerprint density at radius 2 is 1.61 bits per heavy atom. The van der Waals surface area contributed by atoms with E-state index in [9.17, 15) is 18.0 Å². The Kier molecular flexibility index (Phi) is 6.81. The predicted molar refractivity (Wildman–Crippen MR) is 115 cm³/mol. The van der Waals surface area contributed by atoms with Crippen LogP contribution in [0.3, 0.4) is 0 Å². The van der Waals surface area contributed by atoms with Crippen LogP contribution < -0.4 is 14.8 Å². The summed E-state index contributed by atoms with van der Waals surface area (Å²) < 4.78 is 37.8. The normalized spacial score (nSPS) is 14.7. The molecule has 0 aromatic heterocycles. The molecule has 0 saturated carbocycles. The highest BCUT2D eigenvalue weighted by molar-refractivity contribution is 7.89. The van der Waals surface area contributed by atoms with E-state index in [1.54, 1.807) is 29.2 Å². The van der Waals surface area contributed by atoms with Crippen molar-refractivity contribution in [2.24, 2.45) is 0 Å². The highest BCUT2D eigenvalue weighted by Gasteiger charge is 2.29. The number of ether oxygens (including phenoxy) is 2. The number of carbonyl (C=O) groups is 2. The van der Waals surface area contributed by atoms with E-state index in [2.05, 4.69) is 5.32 Å². The van der Waals surface area contributed by atoms with Gasteiger partial charge in [-0.15, -0.1) is 0 Å². The lowest BCUT2D eigenvalue weighted by molar-refractivity contribution is -0.129. The van der Waals surface area contributed by atoms with Crippen LogP contribution in [0.1, 0.15) is 17.3 Å². The van der Waals surface area contributed by atoms with Gasteiger partial charge in [-0.2, -0.15) is 4.31 Å². The summed E-state index contributed by atoms with van der Waals surface area (Å²) in [5, 5.41) is 2.73. The molecule has 1 saturated heterocycles. The number of carbonyl (C=O) groups excluding carboxylic acids is 2. The maximum absolute atomic E-state index is 13.0. The number of anilines is 1. The van der Waals surface area contributed by atoms with Gasteiger partial charge in [0.15, 0.2) is 11.5 Å². The molecular weight excluding hydrogens is 422 g/mol. The molecule has 0 unspecified atom stereocenters. The zero-order valence-electron chi connectivity index (χ0n) is 17.6. The average molecular weight is 448 g/mol. The molecule has 31 heavy (non-hydrogen) atoms. The van der Waals surface area contributed by atoms with E-state index in [1.807, 2.05) is 0 Å². The number of nitrogens with one attached hydrogen (secondary N) is 1. The molecule has 3 rings (SSSR count). The highest BCUT2D eigenvalue weighted by atomic mass is 32.2. The first-order valence-electron chi connectivity index (χ1n) is 9.65. The number of sulfonamides is 1. The number of piperazine rings is 1. The van der Waals surface area contributed by atoms with Crippen LogP contribution in [0.2, 0.25) is 0 Å². The van der Waals surface area contributed by atoms with E-state index in [1.165, 1.54) is 43.6 Å². The molecule has 166 valence electrons. The van der Waals surface area contributed by atoms with E-state index >= 15 is 0 Å². The van der Waals surface area contributed by atoms with Gasteiger partial charge in [0.05, 0.1) is 19.1 Å². The molecule has 1 N–H and O–H groups in total. The van der Waals surface area contributed by atoms with E-state index in [4.69, 9.17) is 9.47 Å². The number of rotatable bonds is 6. The molecule has 2 aromatic carbocycles. The second-order valence-corrected chi connectivity index (χ2v) is 8.90. The molecule has 0 aliphatic carbocycles. The van der Waals surface area contributed by atoms with Gasteiger partial charge in [-0.25, -0.2) is 8.42 Å². The third-order valence-electron chi connectivity index (χ3n) is 5.06. The third kappa shape index (κ3) is 4.97. The molecule has 10 heteroatoms.